The maximum Gasteiger partial charge on any atom is 0.393 e. The fourth-order valence-corrected chi connectivity index (χ4v) is 9.61. The van der Waals surface area contributed by atoms with Crippen LogP contribution >= 0.6 is 0 Å². The van der Waals surface area contributed by atoms with Crippen LogP contribution in [-0.2, 0) is 38.9 Å². The van der Waals surface area contributed by atoms with Crippen LogP contribution in [0.4, 0.5) is 81.6 Å². The number of nitrogens with zero attached hydrogens (tertiary/aromatic N) is 3. The number of carbonyl (C=O) groups excluding carboxylic acids is 2. The van der Waals surface area contributed by atoms with Crippen molar-refractivity contribution in [3.63, 3.8) is 0 Å². The molecule has 1 atom stereocenters. The quantitative estimate of drug-likeness (QED) is 0.0287. The first-order valence-corrected chi connectivity index (χ1v) is 27.1. The molecule has 2 aromatic heterocycles. The van der Waals surface area contributed by atoms with Crippen LogP contribution in [0, 0.1) is 6.92 Å². The lowest BCUT2D eigenvalue weighted by Crippen LogP contribution is -2.74. The summed E-state index contributed by atoms with van der Waals surface area (Å²) in [6.45, 7) is 3.33. The number of aromatic amines is 1. The predicted octanol–water partition coefficient (Wildman–Crippen LogP) is 14.5. The molecule has 0 aliphatic heterocycles. The highest BCUT2D eigenvalue weighted by Gasteiger charge is 2.94. The Hall–Kier alpha value is -7.07. The van der Waals surface area contributed by atoms with Crippen LogP contribution in [0.3, 0.4) is 0 Å². The third-order valence-corrected chi connectivity index (χ3v) is 15.1. The molecule has 0 bridgehead atoms. The summed E-state index contributed by atoms with van der Waals surface area (Å²) in [6, 6.07) is 27.6. The van der Waals surface area contributed by atoms with Crippen LogP contribution in [0.2, 0.25) is 0 Å². The van der Waals surface area contributed by atoms with Crippen molar-refractivity contribution in [3.8, 4) is 11.5 Å². The van der Waals surface area contributed by atoms with Gasteiger partial charge in [0.25, 0.3) is 5.91 Å². The van der Waals surface area contributed by atoms with Gasteiger partial charge in [-0.05, 0) is 104 Å². The predicted molar refractivity (Wildman–Crippen MR) is 269 cm³/mol. The SMILES string of the molecule is CCCCCCCCCCC(Oc1ccc(S(=O)(=O)c2ccc(OCc3ccccc3)cc2)cc1)C(=O)Nc1ccc(CCCc2n[nH]c3c(NC(=O)C(F)(F)C(F)(F)C(F)(F)C(F)(F)C(F)(F)C(F)(F)C(F)(F)C(F)F)c(C)nn23)cc1. The van der Waals surface area contributed by atoms with Crippen molar-refractivity contribution in [1.82, 2.24) is 19.8 Å². The maximum absolute atomic E-state index is 14.8. The molecule has 3 N–H and O–H groups in total. The van der Waals surface area contributed by atoms with E-state index in [1.54, 1.807) is 36.4 Å². The van der Waals surface area contributed by atoms with Crippen molar-refractivity contribution in [2.75, 3.05) is 10.6 Å². The number of aryl methyl sites for hydroxylation is 3. The molecule has 29 heteroatoms. The van der Waals surface area contributed by atoms with Gasteiger partial charge in [0, 0.05) is 12.1 Å². The summed E-state index contributed by atoms with van der Waals surface area (Å²) in [4.78, 5) is 26.2. The van der Waals surface area contributed by atoms with E-state index in [4.69, 9.17) is 9.47 Å². The van der Waals surface area contributed by atoms with Gasteiger partial charge < -0.3 is 20.1 Å². The third kappa shape index (κ3) is 13.6. The number of alkyl halides is 16. The summed E-state index contributed by atoms with van der Waals surface area (Å²) >= 11 is 0. The minimum atomic E-state index is -8.66. The van der Waals surface area contributed by atoms with Gasteiger partial charge in [-0.25, -0.2) is 17.2 Å². The summed E-state index contributed by atoms with van der Waals surface area (Å²) in [5.74, 6) is -60.5. The van der Waals surface area contributed by atoms with Gasteiger partial charge in [0.05, 0.1) is 15.5 Å². The fourth-order valence-electron chi connectivity index (χ4n) is 8.35. The topological polar surface area (TPSA) is 157 Å². The summed E-state index contributed by atoms with van der Waals surface area (Å²) in [5.41, 5.74) is -0.258. The number of rotatable bonds is 31. The van der Waals surface area contributed by atoms with Gasteiger partial charge in [-0.3, -0.25) is 14.7 Å². The number of carbonyl (C=O) groups is 2. The Morgan fingerprint density at radius 2 is 1.14 bits per heavy atom. The van der Waals surface area contributed by atoms with Crippen molar-refractivity contribution >= 4 is 38.7 Å². The van der Waals surface area contributed by atoms with Crippen LogP contribution in [0.5, 0.6) is 11.5 Å². The molecular formula is C54H54F16N6O6S. The standard InChI is InChI=1S/C54H54F16N6O6S/c1-3-4-5-6-7-8-9-13-18-41(82-38-26-30-40(31-27-38)83(79,80)39-28-24-37(25-29-39)81-32-35-15-11-10-12-16-35)45(77)71-36-22-20-34(21-23-36)17-14-19-42-73-74-44-43(33(2)75-76(42)44)72-47(78)49(59,60)51(63,64)53(67,68)54(69,70)52(65,66)50(61,62)48(57,58)46(55)56/h10-12,15-16,20-31,41,46,74H,3-9,13-14,17-19,32H2,1-2H3,(H,71,77)(H,72,78). The second kappa shape index (κ2) is 25.8. The van der Waals surface area contributed by atoms with E-state index in [1.807, 2.05) is 30.3 Å². The van der Waals surface area contributed by atoms with E-state index in [2.05, 4.69) is 27.5 Å². The number of ether oxygens (including phenoxy) is 2. The molecule has 454 valence electrons. The molecule has 6 rings (SSSR count). The van der Waals surface area contributed by atoms with Crippen LogP contribution in [0.25, 0.3) is 5.65 Å². The van der Waals surface area contributed by atoms with Crippen LogP contribution in [0.15, 0.2) is 113 Å². The number of fused-ring (bicyclic) bond motifs is 1. The van der Waals surface area contributed by atoms with Gasteiger partial charge in [0.1, 0.15) is 23.8 Å². The Morgan fingerprint density at radius 1 is 0.614 bits per heavy atom. The molecule has 0 fully saturated rings. The van der Waals surface area contributed by atoms with E-state index in [-0.39, 0.29) is 40.6 Å². The molecule has 2 amide bonds. The first-order chi connectivity index (χ1) is 38.8. The van der Waals surface area contributed by atoms with E-state index in [9.17, 15) is 88.3 Å². The number of amides is 2. The molecule has 0 aliphatic rings. The number of unbranched alkanes of at least 4 members (excludes halogenated alkanes) is 7. The lowest BCUT2D eigenvalue weighted by Gasteiger charge is -2.42. The third-order valence-electron chi connectivity index (χ3n) is 13.3. The van der Waals surface area contributed by atoms with Crippen molar-refractivity contribution in [3.05, 3.63) is 126 Å². The minimum absolute atomic E-state index is 0.0147. The van der Waals surface area contributed by atoms with Crippen molar-refractivity contribution in [2.45, 2.75) is 161 Å². The number of hydrogen-bond donors (Lipinski definition) is 3. The zero-order chi connectivity index (χ0) is 61.4. The maximum atomic E-state index is 14.8. The molecule has 83 heavy (non-hydrogen) atoms. The molecule has 0 radical (unpaired) electrons. The van der Waals surface area contributed by atoms with Gasteiger partial charge in [-0.1, -0.05) is 94.3 Å². The van der Waals surface area contributed by atoms with E-state index in [0.717, 1.165) is 67.3 Å². The van der Waals surface area contributed by atoms with Crippen LogP contribution < -0.4 is 20.1 Å². The number of nitrogens with one attached hydrogen (secondary N) is 3. The van der Waals surface area contributed by atoms with Gasteiger partial charge >= 0.3 is 53.8 Å². The molecule has 1 unspecified atom stereocenters. The van der Waals surface area contributed by atoms with E-state index < -0.39 is 92.7 Å². The normalized spacial score (nSPS) is 13.6. The van der Waals surface area contributed by atoms with Crippen LogP contribution in [0.1, 0.15) is 93.8 Å². The summed E-state index contributed by atoms with van der Waals surface area (Å²) < 4.78 is 262. The Labute approximate surface area is 464 Å². The van der Waals surface area contributed by atoms with Gasteiger partial charge in [-0.15, -0.1) is 0 Å². The average molecular weight is 1220 g/mol. The lowest BCUT2D eigenvalue weighted by molar-refractivity contribution is -0.443. The van der Waals surface area contributed by atoms with Crippen molar-refractivity contribution < 1.29 is 97.7 Å². The minimum Gasteiger partial charge on any atom is -0.489 e. The Bertz CT molecular complexity index is 3240. The summed E-state index contributed by atoms with van der Waals surface area (Å²) in [6.07, 6.45) is 1.71. The monoisotopic (exact) mass is 1220 g/mol. The zero-order valence-electron chi connectivity index (χ0n) is 43.9. The highest BCUT2D eigenvalue weighted by atomic mass is 32.2. The molecule has 0 saturated heterocycles. The smallest absolute Gasteiger partial charge is 0.393 e. The molecule has 0 saturated carbocycles. The van der Waals surface area contributed by atoms with Gasteiger partial charge in [0.15, 0.2) is 17.6 Å². The second-order valence-corrected chi connectivity index (χ2v) is 21.3. The first kappa shape index (κ1) is 65.1. The van der Waals surface area contributed by atoms with E-state index in [0.29, 0.717) is 36.4 Å². The van der Waals surface area contributed by atoms with Gasteiger partial charge in [-0.2, -0.15) is 76.2 Å². The molecule has 6 aromatic rings. The van der Waals surface area contributed by atoms with E-state index >= 15 is 0 Å². The zero-order valence-corrected chi connectivity index (χ0v) is 44.7. The molecule has 2 heterocycles. The number of benzene rings is 4. The lowest BCUT2D eigenvalue weighted by atomic mass is 9.89. The second-order valence-electron chi connectivity index (χ2n) is 19.3. The Kier molecular flexibility index (Phi) is 20.3. The largest absolute Gasteiger partial charge is 0.489 e. The fraction of sp³-hybridized carbons (Fsp3) is 0.444. The van der Waals surface area contributed by atoms with Gasteiger partial charge in [0.2, 0.25) is 9.84 Å². The molecule has 0 spiro atoms. The number of anilines is 2. The van der Waals surface area contributed by atoms with Crippen molar-refractivity contribution in [2.24, 2.45) is 0 Å². The molecule has 12 nitrogen and oxygen atoms in total. The highest BCUT2D eigenvalue weighted by Crippen LogP contribution is 2.63. The number of sulfone groups is 1. The number of hydrogen-bond acceptors (Lipinski definition) is 8. The summed E-state index contributed by atoms with van der Waals surface area (Å²) in [7, 11) is -3.95. The molecule has 0 aliphatic carbocycles. The van der Waals surface area contributed by atoms with Crippen LogP contribution in [-0.4, -0.2) is 94.0 Å². The number of halogens is 16. The molecule has 4 aromatic carbocycles. The average Bonchev–Trinajstić information content (AvgIpc) is 1.42. The highest BCUT2D eigenvalue weighted by molar-refractivity contribution is 7.91. The Morgan fingerprint density at radius 3 is 1.71 bits per heavy atom. The summed E-state index contributed by atoms with van der Waals surface area (Å²) in [5, 5.41) is 13.7. The first-order valence-electron chi connectivity index (χ1n) is 25.6. The van der Waals surface area contributed by atoms with E-state index in [1.165, 1.54) is 36.4 Å². The Balaban J connectivity index is 1.07. The van der Waals surface area contributed by atoms with Crippen molar-refractivity contribution in [1.29, 1.82) is 0 Å². The number of H-pyrrole nitrogens is 1. The number of aromatic nitrogens is 4. The molecular weight excluding hydrogens is 1160 g/mol.